The molecule has 3 N–H and O–H groups in total. The van der Waals surface area contributed by atoms with Crippen molar-refractivity contribution in [2.75, 3.05) is 40.4 Å². The van der Waals surface area contributed by atoms with Crippen molar-refractivity contribution in [3.8, 4) is 28.7 Å². The van der Waals surface area contributed by atoms with E-state index in [1.54, 1.807) is 69.9 Å². The lowest BCUT2D eigenvalue weighted by Crippen LogP contribution is -2.47. The molecule has 1 amide bonds. The lowest BCUT2D eigenvalue weighted by Gasteiger charge is -2.39. The number of anilines is 1. The minimum Gasteiger partial charge on any atom is -0.497 e. The van der Waals surface area contributed by atoms with Gasteiger partial charge in [0.15, 0.2) is 23.9 Å². The number of aliphatic hydroxyl groups is 1. The van der Waals surface area contributed by atoms with Crippen LogP contribution in [0.5, 0.6) is 28.7 Å². The Bertz CT molecular complexity index is 2000. The van der Waals surface area contributed by atoms with Crippen LogP contribution in [0.25, 0.3) is 22.7 Å². The molecule has 3 heterocycles. The summed E-state index contributed by atoms with van der Waals surface area (Å²) < 4.78 is 32.0. The van der Waals surface area contributed by atoms with Crippen LogP contribution >= 0.6 is 0 Å². The van der Waals surface area contributed by atoms with Gasteiger partial charge in [-0.3, -0.25) is 10.1 Å². The first kappa shape index (κ1) is 31.0. The zero-order valence-electron chi connectivity index (χ0n) is 26.0. The predicted octanol–water partition coefficient (Wildman–Crippen LogP) is 5.70. The standard InChI is InChI=1S/C19H18O6.C16H13N3O3/c1-21-12-5-4-11-6-14-13-8-17(22-2)18(23-3)9-16(13)24-10-19(14,20)25-15(11)7-12;1-22-16(21)19-15-17-12-8-7-11(9-13(12)18-15)14(20)10-5-3-2-4-6-10/h4-9,20H,10H2,1-3H3;2-9H,1H3,(H2,17,18,19,21). The number of nitrogens with zero attached hydrogens (tertiary/aromatic N) is 1. The number of aromatic nitrogens is 2. The number of methoxy groups -OCH3 is 4. The maximum Gasteiger partial charge on any atom is 0.413 e. The van der Waals surface area contributed by atoms with Gasteiger partial charge >= 0.3 is 6.09 Å². The molecule has 0 radical (unpaired) electrons. The molecule has 0 fully saturated rings. The van der Waals surface area contributed by atoms with Gasteiger partial charge in [0.05, 0.1) is 39.5 Å². The Morgan fingerprint density at radius 2 is 1.64 bits per heavy atom. The fourth-order valence-corrected chi connectivity index (χ4v) is 5.23. The fourth-order valence-electron chi connectivity index (χ4n) is 5.23. The number of hydrogen-bond acceptors (Lipinski definition) is 10. The van der Waals surface area contributed by atoms with Crippen molar-refractivity contribution in [3.05, 3.63) is 101 Å². The third kappa shape index (κ3) is 6.14. The summed E-state index contributed by atoms with van der Waals surface area (Å²) in [5, 5.41) is 13.5. The Labute approximate surface area is 269 Å². The summed E-state index contributed by atoms with van der Waals surface area (Å²) in [6, 6.07) is 23.2. The number of rotatable bonds is 6. The summed E-state index contributed by atoms with van der Waals surface area (Å²) in [7, 11) is 5.98. The van der Waals surface area contributed by atoms with Gasteiger partial charge in [-0.2, -0.15) is 0 Å². The molecule has 2 aliphatic rings. The highest BCUT2D eigenvalue weighted by atomic mass is 16.7. The molecule has 12 nitrogen and oxygen atoms in total. The SMILES string of the molecule is COC(=O)Nc1nc2ccc(C(=O)c3ccccc3)cc2[nH]1.COc1ccc2c(c1)OC1(O)COc3cc(OC)c(OC)cc3C1=C2. The number of fused-ring (bicyclic) bond motifs is 5. The van der Waals surface area contributed by atoms with Crippen molar-refractivity contribution in [1.82, 2.24) is 9.97 Å². The molecule has 1 atom stereocenters. The van der Waals surface area contributed by atoms with E-state index in [0.29, 0.717) is 62.0 Å². The van der Waals surface area contributed by atoms with Crippen molar-refractivity contribution in [2.45, 2.75) is 5.79 Å². The zero-order valence-corrected chi connectivity index (χ0v) is 26.0. The van der Waals surface area contributed by atoms with Gasteiger partial charge in [0.1, 0.15) is 17.2 Å². The van der Waals surface area contributed by atoms with E-state index in [1.165, 1.54) is 7.11 Å². The molecule has 7 rings (SSSR count). The molecule has 2 aliphatic heterocycles. The lowest BCUT2D eigenvalue weighted by molar-refractivity contribution is -0.116. The second-order valence-electron chi connectivity index (χ2n) is 10.5. The zero-order chi connectivity index (χ0) is 33.1. The Kier molecular flexibility index (Phi) is 8.42. The number of amides is 1. The number of H-pyrrole nitrogens is 1. The summed E-state index contributed by atoms with van der Waals surface area (Å²) >= 11 is 0. The third-order valence-electron chi connectivity index (χ3n) is 7.61. The minimum atomic E-state index is -1.58. The maximum atomic E-state index is 12.4. The molecule has 0 spiro atoms. The number of ether oxygens (including phenoxy) is 6. The number of benzene rings is 4. The molecule has 1 aromatic heterocycles. The first-order valence-corrected chi connectivity index (χ1v) is 14.4. The lowest BCUT2D eigenvalue weighted by atomic mass is 9.90. The van der Waals surface area contributed by atoms with Gasteiger partial charge in [0.2, 0.25) is 5.95 Å². The Morgan fingerprint density at radius 1 is 0.872 bits per heavy atom. The molecule has 0 bridgehead atoms. The smallest absolute Gasteiger partial charge is 0.413 e. The van der Waals surface area contributed by atoms with Crippen molar-refractivity contribution >= 4 is 40.5 Å². The van der Waals surface area contributed by atoms with Crippen molar-refractivity contribution < 1.29 is 43.1 Å². The number of hydrogen-bond donors (Lipinski definition) is 3. The number of nitrogens with one attached hydrogen (secondary N) is 2. The first-order valence-electron chi connectivity index (χ1n) is 14.4. The first-order chi connectivity index (χ1) is 22.7. The topological polar surface area (TPSA) is 150 Å². The van der Waals surface area contributed by atoms with Gasteiger partial charge < -0.3 is 38.5 Å². The van der Waals surface area contributed by atoms with E-state index in [1.807, 2.05) is 36.4 Å². The van der Waals surface area contributed by atoms with Gasteiger partial charge in [0.25, 0.3) is 5.79 Å². The molecular weight excluding hydrogens is 606 g/mol. The van der Waals surface area contributed by atoms with Crippen LogP contribution < -0.4 is 29.0 Å². The van der Waals surface area contributed by atoms with E-state index in [9.17, 15) is 14.7 Å². The van der Waals surface area contributed by atoms with E-state index in [-0.39, 0.29) is 18.3 Å². The highest BCUT2D eigenvalue weighted by Gasteiger charge is 2.44. The molecule has 47 heavy (non-hydrogen) atoms. The van der Waals surface area contributed by atoms with E-state index in [4.69, 9.17) is 23.7 Å². The number of carbonyl (C=O) groups is 2. The summed E-state index contributed by atoms with van der Waals surface area (Å²) in [5.41, 5.74) is 4.65. The average molecular weight is 638 g/mol. The summed E-state index contributed by atoms with van der Waals surface area (Å²) in [6.07, 6.45) is 1.28. The van der Waals surface area contributed by atoms with Crippen LogP contribution in [0.15, 0.2) is 78.9 Å². The number of imidazole rings is 1. The van der Waals surface area contributed by atoms with E-state index >= 15 is 0 Å². The quantitative estimate of drug-likeness (QED) is 0.198. The normalized spacial score (nSPS) is 15.6. The van der Waals surface area contributed by atoms with Crippen LogP contribution in [0, 0.1) is 0 Å². The van der Waals surface area contributed by atoms with Crippen LogP contribution in [-0.2, 0) is 4.74 Å². The van der Waals surface area contributed by atoms with Crippen LogP contribution in [0.1, 0.15) is 27.0 Å². The summed E-state index contributed by atoms with van der Waals surface area (Å²) in [5.74, 6) is 1.54. The van der Waals surface area contributed by atoms with Gasteiger partial charge in [-0.25, -0.2) is 9.78 Å². The van der Waals surface area contributed by atoms with Gasteiger partial charge in [-0.05, 0) is 42.5 Å². The van der Waals surface area contributed by atoms with Crippen molar-refractivity contribution in [2.24, 2.45) is 0 Å². The molecule has 0 saturated heterocycles. The number of carbonyl (C=O) groups excluding carboxylic acids is 2. The third-order valence-corrected chi connectivity index (χ3v) is 7.61. The van der Waals surface area contributed by atoms with E-state index in [2.05, 4.69) is 20.0 Å². The van der Waals surface area contributed by atoms with Gasteiger partial charge in [0, 0.05) is 40.0 Å². The molecule has 12 heteroatoms. The monoisotopic (exact) mass is 637 g/mol. The van der Waals surface area contributed by atoms with Gasteiger partial charge in [-0.15, -0.1) is 0 Å². The van der Waals surface area contributed by atoms with Crippen molar-refractivity contribution in [3.63, 3.8) is 0 Å². The fraction of sp³-hybridized carbons (Fsp3) is 0.171. The van der Waals surface area contributed by atoms with Gasteiger partial charge in [-0.1, -0.05) is 30.3 Å². The Hall–Kier alpha value is -6.01. The molecule has 4 aromatic carbocycles. The summed E-state index contributed by atoms with van der Waals surface area (Å²) in [6.45, 7) is -0.0298. The molecule has 0 saturated carbocycles. The second-order valence-corrected chi connectivity index (χ2v) is 10.5. The number of ketones is 1. The van der Waals surface area contributed by atoms with Crippen LogP contribution in [0.4, 0.5) is 10.7 Å². The molecular formula is C35H31N3O9. The minimum absolute atomic E-state index is 0.0298. The Balaban J connectivity index is 0.000000166. The average Bonchev–Trinajstić information content (AvgIpc) is 3.51. The highest BCUT2D eigenvalue weighted by molar-refractivity contribution is 6.10. The Morgan fingerprint density at radius 3 is 2.36 bits per heavy atom. The van der Waals surface area contributed by atoms with E-state index < -0.39 is 11.9 Å². The molecule has 1 unspecified atom stereocenters. The molecule has 240 valence electrons. The second kappa shape index (κ2) is 12.8. The van der Waals surface area contributed by atoms with Crippen LogP contribution in [0.3, 0.4) is 0 Å². The van der Waals surface area contributed by atoms with Crippen LogP contribution in [0.2, 0.25) is 0 Å². The summed E-state index contributed by atoms with van der Waals surface area (Å²) in [4.78, 5) is 30.7. The largest absolute Gasteiger partial charge is 0.497 e. The highest BCUT2D eigenvalue weighted by Crippen LogP contribution is 2.49. The van der Waals surface area contributed by atoms with Crippen molar-refractivity contribution in [1.29, 1.82) is 0 Å². The molecule has 0 aliphatic carbocycles. The van der Waals surface area contributed by atoms with Crippen LogP contribution in [-0.4, -0.2) is 67.8 Å². The number of aromatic amines is 1. The predicted molar refractivity (Wildman–Crippen MR) is 173 cm³/mol. The van der Waals surface area contributed by atoms with E-state index in [0.717, 1.165) is 5.56 Å². The maximum absolute atomic E-state index is 12.4. The molecule has 5 aromatic rings.